The lowest BCUT2D eigenvalue weighted by Crippen LogP contribution is -2.46. The maximum absolute atomic E-state index is 11.4. The Morgan fingerprint density at radius 1 is 0.841 bits per heavy atom. The standard InChI is InChI=1S/C39H42O4S/c1-5-30-22-34(41-24-27-14-8-6-9-15-27)38(42-25-28-16-10-7-11-17-28)37(43-30)31-23-32(33(40)20-26(31)2)39(3,4)36-21-29-18-12-13-19-35(29)44-36/h6-21,23,30,34,37-38,40H,5,22,24-25H2,1-4H3/t30-,34+,37+,38-/m1/s1. The largest absolute Gasteiger partial charge is 0.508 e. The van der Waals surface area contributed by atoms with E-state index in [1.165, 1.54) is 15.0 Å². The van der Waals surface area contributed by atoms with Crippen molar-refractivity contribution in [3.05, 3.63) is 136 Å². The van der Waals surface area contributed by atoms with Crippen molar-refractivity contribution in [2.45, 2.75) is 83.6 Å². The van der Waals surface area contributed by atoms with Crippen molar-refractivity contribution < 1.29 is 19.3 Å². The Hall–Kier alpha value is -3.48. The average molecular weight is 607 g/mol. The molecular weight excluding hydrogens is 564 g/mol. The number of hydrogen-bond donors (Lipinski definition) is 1. The Bertz CT molecular complexity index is 1640. The summed E-state index contributed by atoms with van der Waals surface area (Å²) in [7, 11) is 0. The molecule has 1 aliphatic rings. The lowest BCUT2D eigenvalue weighted by atomic mass is 9.79. The smallest absolute Gasteiger partial charge is 0.119 e. The number of aromatic hydroxyl groups is 1. The van der Waals surface area contributed by atoms with Crippen LogP contribution in [0.2, 0.25) is 0 Å². The summed E-state index contributed by atoms with van der Waals surface area (Å²) in [5.74, 6) is 0.301. The van der Waals surface area contributed by atoms with Gasteiger partial charge in [0.2, 0.25) is 0 Å². The number of aryl methyl sites for hydroxylation is 1. The number of rotatable bonds is 10. The van der Waals surface area contributed by atoms with Gasteiger partial charge in [-0.25, -0.2) is 0 Å². The highest BCUT2D eigenvalue weighted by Crippen LogP contribution is 2.46. The first kappa shape index (κ1) is 30.5. The molecule has 0 radical (unpaired) electrons. The second-order valence-corrected chi connectivity index (χ2v) is 13.5. The van der Waals surface area contributed by atoms with E-state index in [-0.39, 0.29) is 24.4 Å². The minimum Gasteiger partial charge on any atom is -0.508 e. The van der Waals surface area contributed by atoms with Gasteiger partial charge in [-0.15, -0.1) is 11.3 Å². The molecule has 1 saturated heterocycles. The van der Waals surface area contributed by atoms with Crippen LogP contribution in [0, 0.1) is 6.92 Å². The molecule has 44 heavy (non-hydrogen) atoms. The Morgan fingerprint density at radius 2 is 1.48 bits per heavy atom. The van der Waals surface area contributed by atoms with E-state index in [1.54, 1.807) is 11.3 Å². The fourth-order valence-corrected chi connectivity index (χ4v) is 7.46. The SMILES string of the molecule is CC[C@@H]1C[C@H](OCc2ccccc2)[C@@H](OCc2ccccc2)[C@H](c2cc(C(C)(C)c3cc4ccccc4s3)c(O)cc2C)O1. The Morgan fingerprint density at radius 3 is 2.14 bits per heavy atom. The topological polar surface area (TPSA) is 47.9 Å². The lowest BCUT2D eigenvalue weighted by molar-refractivity contribution is -0.211. The van der Waals surface area contributed by atoms with Gasteiger partial charge in [-0.1, -0.05) is 99.6 Å². The van der Waals surface area contributed by atoms with Gasteiger partial charge < -0.3 is 19.3 Å². The molecule has 0 spiro atoms. The van der Waals surface area contributed by atoms with Crippen LogP contribution in [0.5, 0.6) is 5.75 Å². The Labute approximate surface area is 265 Å². The normalized spacial score (nSPS) is 20.6. The van der Waals surface area contributed by atoms with Crippen LogP contribution in [-0.2, 0) is 32.8 Å². The average Bonchev–Trinajstić information content (AvgIpc) is 3.49. The third-order valence-corrected chi connectivity index (χ3v) is 10.4. The molecule has 5 heteroatoms. The quantitative estimate of drug-likeness (QED) is 0.172. The molecule has 0 amide bonds. The minimum atomic E-state index is -0.418. The van der Waals surface area contributed by atoms with Crippen molar-refractivity contribution >= 4 is 21.4 Å². The summed E-state index contributed by atoms with van der Waals surface area (Å²) in [5, 5.41) is 12.6. The van der Waals surface area contributed by atoms with Crippen molar-refractivity contribution in [2.75, 3.05) is 0 Å². The molecule has 0 aliphatic carbocycles. The van der Waals surface area contributed by atoms with Crippen LogP contribution in [0.3, 0.4) is 0 Å². The van der Waals surface area contributed by atoms with Crippen LogP contribution in [-0.4, -0.2) is 23.4 Å². The first-order valence-corrected chi connectivity index (χ1v) is 16.4. The van der Waals surface area contributed by atoms with Crippen LogP contribution >= 0.6 is 11.3 Å². The predicted octanol–water partition coefficient (Wildman–Crippen LogP) is 9.65. The fourth-order valence-electron chi connectivity index (χ4n) is 6.28. The van der Waals surface area contributed by atoms with Crippen LogP contribution in [0.1, 0.15) is 72.4 Å². The monoisotopic (exact) mass is 606 g/mol. The Balaban J connectivity index is 1.38. The van der Waals surface area contributed by atoms with E-state index in [9.17, 15) is 5.11 Å². The maximum atomic E-state index is 11.4. The summed E-state index contributed by atoms with van der Waals surface area (Å²) in [6, 6.07) is 35.3. The molecule has 0 unspecified atom stereocenters. The van der Waals surface area contributed by atoms with E-state index >= 15 is 0 Å². The first-order valence-electron chi connectivity index (χ1n) is 15.6. The van der Waals surface area contributed by atoms with Crippen molar-refractivity contribution in [1.29, 1.82) is 0 Å². The third kappa shape index (κ3) is 6.47. The molecule has 1 aliphatic heterocycles. The number of hydrogen-bond acceptors (Lipinski definition) is 5. The number of benzene rings is 4. The second kappa shape index (κ2) is 13.3. The molecule has 6 rings (SSSR count). The predicted molar refractivity (Wildman–Crippen MR) is 179 cm³/mol. The summed E-state index contributed by atoms with van der Waals surface area (Å²) in [6.45, 7) is 9.58. The van der Waals surface area contributed by atoms with Crippen molar-refractivity contribution in [2.24, 2.45) is 0 Å². The minimum absolute atomic E-state index is 0.0320. The molecule has 4 atom stereocenters. The van der Waals surface area contributed by atoms with Gasteiger partial charge in [0.1, 0.15) is 18.0 Å². The number of ether oxygens (including phenoxy) is 3. The highest BCUT2D eigenvalue weighted by molar-refractivity contribution is 7.19. The van der Waals surface area contributed by atoms with Crippen LogP contribution < -0.4 is 0 Å². The lowest BCUT2D eigenvalue weighted by Gasteiger charge is -2.42. The zero-order chi connectivity index (χ0) is 30.7. The molecule has 4 nitrogen and oxygen atoms in total. The van der Waals surface area contributed by atoms with Gasteiger partial charge in [0.25, 0.3) is 0 Å². The number of phenols is 1. The summed E-state index contributed by atoms with van der Waals surface area (Å²) >= 11 is 1.78. The number of fused-ring (bicyclic) bond motifs is 1. The van der Waals surface area contributed by atoms with Crippen molar-refractivity contribution in [1.82, 2.24) is 0 Å². The van der Waals surface area contributed by atoms with Crippen LogP contribution in [0.15, 0.2) is 103 Å². The molecule has 1 aromatic heterocycles. The highest BCUT2D eigenvalue weighted by atomic mass is 32.1. The van der Waals surface area contributed by atoms with Gasteiger partial charge in [0.05, 0.1) is 25.4 Å². The van der Waals surface area contributed by atoms with Crippen molar-refractivity contribution in [3.63, 3.8) is 0 Å². The van der Waals surface area contributed by atoms with Crippen LogP contribution in [0.25, 0.3) is 10.1 Å². The summed E-state index contributed by atoms with van der Waals surface area (Å²) < 4.78 is 21.5. The maximum Gasteiger partial charge on any atom is 0.119 e. The van der Waals surface area contributed by atoms with Gasteiger partial charge in [-0.05, 0) is 65.3 Å². The zero-order valence-corrected chi connectivity index (χ0v) is 26.8. The molecule has 4 aromatic carbocycles. The second-order valence-electron chi connectivity index (χ2n) is 12.4. The van der Waals surface area contributed by atoms with E-state index < -0.39 is 5.41 Å². The molecule has 0 saturated carbocycles. The summed E-state index contributed by atoms with van der Waals surface area (Å²) in [5.41, 5.74) is 4.74. The fraction of sp³-hybridized carbons (Fsp3) is 0.333. The van der Waals surface area contributed by atoms with Gasteiger partial charge >= 0.3 is 0 Å². The van der Waals surface area contributed by atoms with Crippen LogP contribution in [0.4, 0.5) is 0 Å². The Kier molecular flexibility index (Phi) is 9.20. The third-order valence-electron chi connectivity index (χ3n) is 8.95. The molecule has 5 aromatic rings. The number of phenolic OH excluding ortho intramolecular Hbond substituents is 1. The number of thiophene rings is 1. The highest BCUT2D eigenvalue weighted by Gasteiger charge is 2.42. The van der Waals surface area contributed by atoms with Crippen molar-refractivity contribution in [3.8, 4) is 5.75 Å². The first-order chi connectivity index (χ1) is 21.3. The molecule has 1 fully saturated rings. The molecule has 2 heterocycles. The molecule has 1 N–H and O–H groups in total. The van der Waals surface area contributed by atoms with E-state index in [1.807, 2.05) is 42.5 Å². The van der Waals surface area contributed by atoms with Gasteiger partial charge in [-0.3, -0.25) is 0 Å². The zero-order valence-electron chi connectivity index (χ0n) is 26.0. The van der Waals surface area contributed by atoms with Gasteiger partial charge in [0.15, 0.2) is 0 Å². The van der Waals surface area contributed by atoms with E-state index in [2.05, 4.69) is 88.4 Å². The van der Waals surface area contributed by atoms with Gasteiger partial charge in [0, 0.05) is 27.0 Å². The van der Waals surface area contributed by atoms with E-state index in [4.69, 9.17) is 14.2 Å². The summed E-state index contributed by atoms with van der Waals surface area (Å²) in [6.07, 6.45) is 0.835. The van der Waals surface area contributed by atoms with Gasteiger partial charge in [-0.2, -0.15) is 0 Å². The van der Waals surface area contributed by atoms with E-state index in [0.29, 0.717) is 19.0 Å². The van der Waals surface area contributed by atoms with E-state index in [0.717, 1.165) is 40.7 Å². The molecule has 228 valence electrons. The molecule has 0 bridgehead atoms. The summed E-state index contributed by atoms with van der Waals surface area (Å²) in [4.78, 5) is 1.21. The molecular formula is C39H42O4S.